The molecule has 0 fully saturated rings. The van der Waals surface area contributed by atoms with Gasteiger partial charge in [-0.2, -0.15) is 0 Å². The molecule has 5 heteroatoms. The van der Waals surface area contributed by atoms with Gasteiger partial charge in [0.1, 0.15) is 11.3 Å². The summed E-state index contributed by atoms with van der Waals surface area (Å²) in [5, 5.41) is 14.4. The van der Waals surface area contributed by atoms with Crippen LogP contribution in [-0.2, 0) is 16.0 Å². The molecule has 28 heavy (non-hydrogen) atoms. The maximum absolute atomic E-state index is 12.2. The van der Waals surface area contributed by atoms with Crippen LogP contribution in [0.2, 0.25) is 0 Å². The number of hydrogen-bond acceptors (Lipinski definition) is 4. The molecule has 0 unspecified atom stereocenters. The minimum absolute atomic E-state index is 0.0341. The van der Waals surface area contributed by atoms with Crippen molar-refractivity contribution in [2.75, 3.05) is 11.9 Å². The second-order valence-corrected chi connectivity index (χ2v) is 6.61. The molecule has 0 aliphatic rings. The molecule has 0 radical (unpaired) electrons. The van der Waals surface area contributed by atoms with Gasteiger partial charge in [0, 0.05) is 11.1 Å². The zero-order chi connectivity index (χ0) is 19.9. The Morgan fingerprint density at radius 2 is 1.75 bits per heavy atom. The zero-order valence-electron chi connectivity index (χ0n) is 15.8. The molecule has 0 aromatic heterocycles. The normalized spacial score (nSPS) is 10.6. The Balaban J connectivity index is 1.57. The molecular weight excluding hydrogens is 354 g/mol. The van der Waals surface area contributed by atoms with Crippen LogP contribution < -0.4 is 5.32 Å². The second kappa shape index (κ2) is 9.04. The number of amides is 1. The SMILES string of the molecule is CCCCc1ccc(NC(=O)COC(=O)c2ccc3ccccc3c2O)cc1. The van der Waals surface area contributed by atoms with Gasteiger partial charge >= 0.3 is 5.97 Å². The average Bonchev–Trinajstić information content (AvgIpc) is 2.72. The number of fused-ring (bicyclic) bond motifs is 1. The third kappa shape index (κ3) is 4.68. The first-order valence-electron chi connectivity index (χ1n) is 9.35. The Kier molecular flexibility index (Phi) is 6.27. The van der Waals surface area contributed by atoms with Gasteiger partial charge in [0.15, 0.2) is 6.61 Å². The van der Waals surface area contributed by atoms with Crippen LogP contribution in [0.5, 0.6) is 5.75 Å². The number of anilines is 1. The molecule has 3 aromatic rings. The molecule has 0 spiro atoms. The molecule has 0 saturated carbocycles. The number of esters is 1. The molecule has 0 bridgehead atoms. The van der Waals surface area contributed by atoms with E-state index in [-0.39, 0.29) is 11.3 Å². The van der Waals surface area contributed by atoms with E-state index in [1.54, 1.807) is 18.2 Å². The van der Waals surface area contributed by atoms with Gasteiger partial charge in [-0.25, -0.2) is 4.79 Å². The van der Waals surface area contributed by atoms with Crippen LogP contribution in [-0.4, -0.2) is 23.6 Å². The van der Waals surface area contributed by atoms with Gasteiger partial charge in [0.25, 0.3) is 5.91 Å². The Morgan fingerprint density at radius 3 is 2.50 bits per heavy atom. The van der Waals surface area contributed by atoms with Crippen molar-refractivity contribution in [3.8, 4) is 5.75 Å². The Labute approximate surface area is 164 Å². The minimum Gasteiger partial charge on any atom is -0.506 e. The number of hydrogen-bond donors (Lipinski definition) is 2. The predicted molar refractivity (Wildman–Crippen MR) is 110 cm³/mol. The highest BCUT2D eigenvalue weighted by Crippen LogP contribution is 2.29. The quantitative estimate of drug-likeness (QED) is 0.586. The summed E-state index contributed by atoms with van der Waals surface area (Å²) in [4.78, 5) is 24.3. The van der Waals surface area contributed by atoms with E-state index in [2.05, 4.69) is 12.2 Å². The summed E-state index contributed by atoms with van der Waals surface area (Å²) in [6.07, 6.45) is 3.28. The highest BCUT2D eigenvalue weighted by Gasteiger charge is 2.16. The molecule has 0 aliphatic carbocycles. The van der Waals surface area contributed by atoms with E-state index in [0.29, 0.717) is 11.1 Å². The maximum atomic E-state index is 12.2. The third-order valence-electron chi connectivity index (χ3n) is 4.51. The number of benzene rings is 3. The molecule has 0 atom stereocenters. The predicted octanol–water partition coefficient (Wildman–Crippen LogP) is 4.68. The van der Waals surface area contributed by atoms with Gasteiger partial charge in [-0.05, 0) is 42.0 Å². The lowest BCUT2D eigenvalue weighted by atomic mass is 10.1. The van der Waals surface area contributed by atoms with Crippen LogP contribution in [0.3, 0.4) is 0 Å². The number of phenolic OH excluding ortho intramolecular Hbond substituents is 1. The average molecular weight is 377 g/mol. The van der Waals surface area contributed by atoms with Crippen molar-refractivity contribution < 1.29 is 19.4 Å². The van der Waals surface area contributed by atoms with Gasteiger partial charge < -0.3 is 15.2 Å². The fourth-order valence-corrected chi connectivity index (χ4v) is 2.96. The van der Waals surface area contributed by atoms with E-state index >= 15 is 0 Å². The van der Waals surface area contributed by atoms with E-state index in [1.165, 1.54) is 11.6 Å². The van der Waals surface area contributed by atoms with Gasteiger partial charge in [-0.3, -0.25) is 4.79 Å². The lowest BCUT2D eigenvalue weighted by Crippen LogP contribution is -2.21. The van der Waals surface area contributed by atoms with Crippen molar-refractivity contribution in [3.63, 3.8) is 0 Å². The van der Waals surface area contributed by atoms with Crippen molar-refractivity contribution in [3.05, 3.63) is 71.8 Å². The summed E-state index contributed by atoms with van der Waals surface area (Å²) in [6, 6.07) is 18.0. The van der Waals surface area contributed by atoms with Crippen LogP contribution in [0.15, 0.2) is 60.7 Å². The Morgan fingerprint density at radius 1 is 1.00 bits per heavy atom. The number of carbonyl (C=O) groups excluding carboxylic acids is 2. The first-order chi connectivity index (χ1) is 13.6. The van der Waals surface area contributed by atoms with Crippen LogP contribution in [0.4, 0.5) is 5.69 Å². The Hall–Kier alpha value is -3.34. The largest absolute Gasteiger partial charge is 0.506 e. The molecular formula is C23H23NO4. The zero-order valence-corrected chi connectivity index (χ0v) is 15.8. The van der Waals surface area contributed by atoms with Gasteiger partial charge in [-0.1, -0.05) is 55.8 Å². The van der Waals surface area contributed by atoms with E-state index in [1.807, 2.05) is 36.4 Å². The van der Waals surface area contributed by atoms with Crippen LogP contribution in [0.25, 0.3) is 10.8 Å². The van der Waals surface area contributed by atoms with Crippen molar-refractivity contribution in [1.82, 2.24) is 0 Å². The molecule has 0 heterocycles. The van der Waals surface area contributed by atoms with Crippen molar-refractivity contribution in [2.24, 2.45) is 0 Å². The van der Waals surface area contributed by atoms with Crippen LogP contribution >= 0.6 is 0 Å². The van der Waals surface area contributed by atoms with E-state index < -0.39 is 18.5 Å². The molecule has 144 valence electrons. The number of rotatable bonds is 7. The fourth-order valence-electron chi connectivity index (χ4n) is 2.96. The first-order valence-corrected chi connectivity index (χ1v) is 9.35. The summed E-state index contributed by atoms with van der Waals surface area (Å²) in [7, 11) is 0. The number of phenols is 1. The second-order valence-electron chi connectivity index (χ2n) is 6.61. The van der Waals surface area contributed by atoms with Crippen molar-refractivity contribution >= 4 is 28.3 Å². The minimum atomic E-state index is -0.742. The third-order valence-corrected chi connectivity index (χ3v) is 4.51. The number of carbonyl (C=O) groups is 2. The summed E-state index contributed by atoms with van der Waals surface area (Å²) in [5.74, 6) is -1.32. The summed E-state index contributed by atoms with van der Waals surface area (Å²) >= 11 is 0. The molecule has 2 N–H and O–H groups in total. The molecule has 0 saturated heterocycles. The molecule has 5 nitrogen and oxygen atoms in total. The van der Waals surface area contributed by atoms with E-state index in [4.69, 9.17) is 4.74 Å². The van der Waals surface area contributed by atoms with Gasteiger partial charge in [-0.15, -0.1) is 0 Å². The van der Waals surface area contributed by atoms with Crippen LogP contribution in [0, 0.1) is 0 Å². The number of unbranched alkanes of at least 4 members (excludes halogenated alkanes) is 1. The first kappa shape index (κ1) is 19.4. The number of nitrogens with one attached hydrogen (secondary N) is 1. The molecule has 3 aromatic carbocycles. The van der Waals surface area contributed by atoms with Crippen molar-refractivity contribution in [1.29, 1.82) is 0 Å². The fraction of sp³-hybridized carbons (Fsp3) is 0.217. The van der Waals surface area contributed by atoms with Gasteiger partial charge in [0.05, 0.1) is 0 Å². The lowest BCUT2D eigenvalue weighted by molar-refractivity contribution is -0.119. The van der Waals surface area contributed by atoms with E-state index in [9.17, 15) is 14.7 Å². The van der Waals surface area contributed by atoms with Crippen molar-refractivity contribution in [2.45, 2.75) is 26.2 Å². The smallest absolute Gasteiger partial charge is 0.342 e. The Bertz CT molecular complexity index is 980. The highest BCUT2D eigenvalue weighted by molar-refractivity contribution is 6.02. The lowest BCUT2D eigenvalue weighted by Gasteiger charge is -2.09. The molecule has 1 amide bonds. The maximum Gasteiger partial charge on any atom is 0.342 e. The highest BCUT2D eigenvalue weighted by atomic mass is 16.5. The number of aromatic hydroxyl groups is 1. The van der Waals surface area contributed by atoms with Gasteiger partial charge in [0.2, 0.25) is 0 Å². The standard InChI is InChI=1S/C23H23NO4/c1-2-3-6-16-9-12-18(13-10-16)24-21(25)15-28-23(27)20-14-11-17-7-4-5-8-19(17)22(20)26/h4-5,7-14,26H,2-3,6,15H2,1H3,(H,24,25). The number of aryl methyl sites for hydroxylation is 1. The monoisotopic (exact) mass is 377 g/mol. The van der Waals surface area contributed by atoms with Crippen LogP contribution in [0.1, 0.15) is 35.7 Å². The summed E-state index contributed by atoms with van der Waals surface area (Å²) < 4.78 is 5.06. The molecule has 0 aliphatic heterocycles. The summed E-state index contributed by atoms with van der Waals surface area (Å²) in [5.41, 5.74) is 1.90. The number of ether oxygens (including phenoxy) is 1. The topological polar surface area (TPSA) is 75.6 Å². The van der Waals surface area contributed by atoms with E-state index in [0.717, 1.165) is 24.6 Å². The molecule has 3 rings (SSSR count). The summed E-state index contributed by atoms with van der Waals surface area (Å²) in [6.45, 7) is 1.72.